The summed E-state index contributed by atoms with van der Waals surface area (Å²) in [7, 11) is 1.60. The summed E-state index contributed by atoms with van der Waals surface area (Å²) in [5, 5.41) is 13.8. The lowest BCUT2D eigenvalue weighted by atomic mass is 10.2. The summed E-state index contributed by atoms with van der Waals surface area (Å²) in [6.07, 6.45) is -0.0912. The van der Waals surface area contributed by atoms with Gasteiger partial charge < -0.3 is 14.8 Å². The Kier molecular flexibility index (Phi) is 5.19. The van der Waals surface area contributed by atoms with E-state index in [2.05, 4.69) is 5.32 Å². The molecule has 1 N–H and O–H groups in total. The van der Waals surface area contributed by atoms with Crippen LogP contribution in [0.15, 0.2) is 48.5 Å². The normalized spacial score (nSPS) is 11.5. The number of non-ortho nitro benzene ring substituents is 1. The van der Waals surface area contributed by atoms with Crippen LogP contribution >= 0.6 is 0 Å². The molecule has 6 heteroatoms. The minimum Gasteiger partial charge on any atom is -0.493 e. The predicted octanol–water partition coefficient (Wildman–Crippen LogP) is 3.48. The average Bonchev–Trinajstić information content (AvgIpc) is 2.54. The first-order valence-corrected chi connectivity index (χ1v) is 6.88. The van der Waals surface area contributed by atoms with Gasteiger partial charge in [0.2, 0.25) is 0 Å². The first-order valence-electron chi connectivity index (χ1n) is 6.88. The Morgan fingerprint density at radius 3 is 2.36 bits per heavy atom. The number of nitro benzene ring substituents is 1. The standard InChI is InChI=1S/C16H18N2O4/c1-12(22-16-6-4-3-5-15(16)21-2)11-17-13-7-9-14(10-8-13)18(19)20/h3-10,12,17H,11H2,1-2H3. The van der Waals surface area contributed by atoms with E-state index in [9.17, 15) is 10.1 Å². The Bertz CT molecular complexity index is 628. The quantitative estimate of drug-likeness (QED) is 0.626. The number of hydrogen-bond acceptors (Lipinski definition) is 5. The highest BCUT2D eigenvalue weighted by Crippen LogP contribution is 2.26. The highest BCUT2D eigenvalue weighted by atomic mass is 16.6. The van der Waals surface area contributed by atoms with E-state index in [0.29, 0.717) is 18.0 Å². The van der Waals surface area contributed by atoms with Crippen LogP contribution in [0.25, 0.3) is 0 Å². The summed E-state index contributed by atoms with van der Waals surface area (Å²) in [6.45, 7) is 2.50. The second-order valence-electron chi connectivity index (χ2n) is 4.76. The van der Waals surface area contributed by atoms with E-state index in [4.69, 9.17) is 9.47 Å². The molecular formula is C16H18N2O4. The molecule has 0 saturated carbocycles. The Morgan fingerprint density at radius 1 is 1.14 bits per heavy atom. The van der Waals surface area contributed by atoms with Gasteiger partial charge in [-0.3, -0.25) is 10.1 Å². The highest BCUT2D eigenvalue weighted by Gasteiger charge is 2.09. The summed E-state index contributed by atoms with van der Waals surface area (Å²) >= 11 is 0. The summed E-state index contributed by atoms with van der Waals surface area (Å²) in [5.74, 6) is 1.37. The van der Waals surface area contributed by atoms with Gasteiger partial charge in [-0.2, -0.15) is 0 Å². The highest BCUT2D eigenvalue weighted by molar-refractivity contribution is 5.48. The zero-order valence-electron chi connectivity index (χ0n) is 12.5. The number of rotatable bonds is 7. The monoisotopic (exact) mass is 302 g/mol. The van der Waals surface area contributed by atoms with E-state index in [0.717, 1.165) is 5.69 Å². The average molecular weight is 302 g/mol. The van der Waals surface area contributed by atoms with Crippen LogP contribution in [0, 0.1) is 10.1 Å². The number of anilines is 1. The number of para-hydroxylation sites is 2. The molecule has 0 aromatic heterocycles. The molecule has 2 aromatic rings. The molecule has 0 radical (unpaired) electrons. The summed E-state index contributed by atoms with van der Waals surface area (Å²) in [6, 6.07) is 13.7. The smallest absolute Gasteiger partial charge is 0.269 e. The van der Waals surface area contributed by atoms with Crippen molar-refractivity contribution in [1.29, 1.82) is 0 Å². The minimum absolute atomic E-state index is 0.0730. The Balaban J connectivity index is 1.89. The lowest BCUT2D eigenvalue weighted by Crippen LogP contribution is -2.22. The van der Waals surface area contributed by atoms with Crippen molar-refractivity contribution >= 4 is 11.4 Å². The van der Waals surface area contributed by atoms with Crippen molar-refractivity contribution in [3.05, 3.63) is 58.6 Å². The number of nitrogens with zero attached hydrogens (tertiary/aromatic N) is 1. The summed E-state index contributed by atoms with van der Waals surface area (Å²) in [4.78, 5) is 10.2. The van der Waals surface area contributed by atoms with Gasteiger partial charge in [0, 0.05) is 17.8 Å². The molecule has 2 rings (SSSR count). The van der Waals surface area contributed by atoms with Crippen molar-refractivity contribution in [2.75, 3.05) is 19.0 Å². The summed E-state index contributed by atoms with van der Waals surface area (Å²) in [5.41, 5.74) is 0.880. The number of benzene rings is 2. The number of hydrogen-bond donors (Lipinski definition) is 1. The second-order valence-corrected chi connectivity index (χ2v) is 4.76. The molecule has 0 amide bonds. The topological polar surface area (TPSA) is 73.6 Å². The Hall–Kier alpha value is -2.76. The molecule has 1 unspecified atom stereocenters. The van der Waals surface area contributed by atoms with E-state index in [1.807, 2.05) is 31.2 Å². The Labute approximate surface area is 128 Å². The van der Waals surface area contributed by atoms with Gasteiger partial charge in [-0.15, -0.1) is 0 Å². The SMILES string of the molecule is COc1ccccc1OC(C)CNc1ccc([N+](=O)[O-])cc1. The van der Waals surface area contributed by atoms with Gasteiger partial charge in [0.1, 0.15) is 6.10 Å². The zero-order valence-corrected chi connectivity index (χ0v) is 12.5. The van der Waals surface area contributed by atoms with Crippen molar-refractivity contribution in [1.82, 2.24) is 0 Å². The first-order chi connectivity index (χ1) is 10.6. The fourth-order valence-electron chi connectivity index (χ4n) is 1.94. The van der Waals surface area contributed by atoms with Crippen LogP contribution in [0.3, 0.4) is 0 Å². The molecule has 0 heterocycles. The maximum absolute atomic E-state index is 10.6. The van der Waals surface area contributed by atoms with E-state index in [1.165, 1.54) is 12.1 Å². The fourth-order valence-corrected chi connectivity index (χ4v) is 1.94. The molecule has 0 aliphatic heterocycles. The van der Waals surface area contributed by atoms with E-state index in [1.54, 1.807) is 19.2 Å². The van der Waals surface area contributed by atoms with Crippen LogP contribution in [0.2, 0.25) is 0 Å². The van der Waals surface area contributed by atoms with E-state index >= 15 is 0 Å². The third-order valence-corrected chi connectivity index (χ3v) is 3.07. The van der Waals surface area contributed by atoms with Crippen molar-refractivity contribution < 1.29 is 14.4 Å². The fraction of sp³-hybridized carbons (Fsp3) is 0.250. The van der Waals surface area contributed by atoms with Gasteiger partial charge in [-0.1, -0.05) is 12.1 Å². The lowest BCUT2D eigenvalue weighted by Gasteiger charge is -2.17. The Morgan fingerprint density at radius 2 is 1.77 bits per heavy atom. The lowest BCUT2D eigenvalue weighted by molar-refractivity contribution is -0.384. The third-order valence-electron chi connectivity index (χ3n) is 3.07. The predicted molar refractivity (Wildman–Crippen MR) is 84.7 cm³/mol. The van der Waals surface area contributed by atoms with Crippen molar-refractivity contribution in [3.63, 3.8) is 0 Å². The maximum Gasteiger partial charge on any atom is 0.269 e. The summed E-state index contributed by atoms with van der Waals surface area (Å²) < 4.78 is 11.1. The van der Waals surface area contributed by atoms with E-state index < -0.39 is 4.92 Å². The van der Waals surface area contributed by atoms with E-state index in [-0.39, 0.29) is 11.8 Å². The number of methoxy groups -OCH3 is 1. The van der Waals surface area contributed by atoms with Crippen LogP contribution in [0.5, 0.6) is 11.5 Å². The van der Waals surface area contributed by atoms with Crippen LogP contribution < -0.4 is 14.8 Å². The molecule has 0 fully saturated rings. The van der Waals surface area contributed by atoms with Gasteiger partial charge in [-0.05, 0) is 31.2 Å². The van der Waals surface area contributed by atoms with Gasteiger partial charge in [0.05, 0.1) is 18.6 Å². The number of nitro groups is 1. The van der Waals surface area contributed by atoms with Crippen molar-refractivity contribution in [2.24, 2.45) is 0 Å². The zero-order chi connectivity index (χ0) is 15.9. The van der Waals surface area contributed by atoms with Crippen LogP contribution in [-0.2, 0) is 0 Å². The molecule has 1 atom stereocenters. The molecule has 0 spiro atoms. The van der Waals surface area contributed by atoms with Crippen molar-refractivity contribution in [3.8, 4) is 11.5 Å². The van der Waals surface area contributed by atoms with Crippen LogP contribution in [0.4, 0.5) is 11.4 Å². The van der Waals surface area contributed by atoms with Gasteiger partial charge in [0.25, 0.3) is 5.69 Å². The molecule has 6 nitrogen and oxygen atoms in total. The number of ether oxygens (including phenoxy) is 2. The maximum atomic E-state index is 10.6. The molecule has 0 saturated heterocycles. The third kappa shape index (κ3) is 4.12. The molecular weight excluding hydrogens is 284 g/mol. The largest absolute Gasteiger partial charge is 0.493 e. The van der Waals surface area contributed by atoms with Crippen LogP contribution in [-0.4, -0.2) is 24.7 Å². The molecule has 0 aliphatic rings. The molecule has 22 heavy (non-hydrogen) atoms. The molecule has 0 aliphatic carbocycles. The molecule has 2 aromatic carbocycles. The second kappa shape index (κ2) is 7.31. The number of nitrogens with one attached hydrogen (secondary N) is 1. The van der Waals surface area contributed by atoms with Gasteiger partial charge in [-0.25, -0.2) is 0 Å². The minimum atomic E-state index is -0.419. The van der Waals surface area contributed by atoms with Crippen molar-refractivity contribution in [2.45, 2.75) is 13.0 Å². The molecule has 116 valence electrons. The first kappa shape index (κ1) is 15.6. The van der Waals surface area contributed by atoms with Gasteiger partial charge >= 0.3 is 0 Å². The van der Waals surface area contributed by atoms with Gasteiger partial charge in [0.15, 0.2) is 11.5 Å². The van der Waals surface area contributed by atoms with Crippen LogP contribution in [0.1, 0.15) is 6.92 Å². The molecule has 0 bridgehead atoms.